The number of ether oxygens (including phenoxy) is 1. The Morgan fingerprint density at radius 1 is 1.04 bits per heavy atom. The molecule has 0 aliphatic rings. The third-order valence-corrected chi connectivity index (χ3v) is 15.6. The van der Waals surface area contributed by atoms with Crippen LogP contribution < -0.4 is 0 Å². The Bertz CT molecular complexity index is 497. The van der Waals surface area contributed by atoms with E-state index in [1.54, 1.807) is 0 Å². The third-order valence-electron chi connectivity index (χ3n) is 6.44. The number of carbonyl (C=O) groups excluding carboxylic acids is 1. The number of carbonyl (C=O) groups is 1. The molecule has 0 unspecified atom stereocenters. The number of hydrogen-bond acceptors (Lipinski definition) is 4. The van der Waals surface area contributed by atoms with Gasteiger partial charge in [0.15, 0.2) is 16.6 Å². The minimum atomic E-state index is -1.96. The fourth-order valence-corrected chi connectivity index (χ4v) is 7.00. The van der Waals surface area contributed by atoms with Crippen LogP contribution in [-0.2, 0) is 18.4 Å². The predicted molar refractivity (Wildman–Crippen MR) is 125 cm³/mol. The van der Waals surface area contributed by atoms with E-state index >= 15 is 0 Å². The lowest BCUT2D eigenvalue weighted by Crippen LogP contribution is -2.48. The van der Waals surface area contributed by atoms with Gasteiger partial charge in [0.05, 0.1) is 19.3 Å². The smallest absolute Gasteiger partial charge is 0.333 e. The lowest BCUT2D eigenvalue weighted by atomic mass is 10.0. The third kappa shape index (κ3) is 8.13. The normalized spacial score (nSPS) is 16.0. The molecule has 0 amide bonds. The molecular weight excluding hydrogens is 384 g/mol. The van der Waals surface area contributed by atoms with Crippen LogP contribution in [0, 0.1) is 5.92 Å². The highest BCUT2D eigenvalue weighted by Gasteiger charge is 2.41. The van der Waals surface area contributed by atoms with Gasteiger partial charge in [-0.1, -0.05) is 54.5 Å². The van der Waals surface area contributed by atoms with Crippen LogP contribution in [0.2, 0.25) is 36.3 Å². The van der Waals surface area contributed by atoms with Crippen molar-refractivity contribution >= 4 is 22.6 Å². The molecular formula is C22H46O4Si2. The van der Waals surface area contributed by atoms with Gasteiger partial charge in [-0.25, -0.2) is 4.79 Å². The number of esters is 1. The zero-order valence-electron chi connectivity index (χ0n) is 20.4. The summed E-state index contributed by atoms with van der Waals surface area (Å²) < 4.78 is 18.5. The van der Waals surface area contributed by atoms with E-state index in [1.807, 2.05) is 19.9 Å². The molecule has 2 atom stereocenters. The molecule has 166 valence electrons. The van der Waals surface area contributed by atoms with Crippen molar-refractivity contribution in [3.8, 4) is 0 Å². The molecule has 0 heterocycles. The molecule has 0 saturated heterocycles. The summed E-state index contributed by atoms with van der Waals surface area (Å²) in [4.78, 5) is 12.1. The first kappa shape index (κ1) is 27.6. The fraction of sp³-hybridized carbons (Fsp3) is 0.864. The first-order valence-corrected chi connectivity index (χ1v) is 16.4. The topological polar surface area (TPSA) is 44.8 Å². The second-order valence-corrected chi connectivity index (χ2v) is 18.9. The highest BCUT2D eigenvalue weighted by Crippen LogP contribution is 2.38. The summed E-state index contributed by atoms with van der Waals surface area (Å²) in [5, 5.41) is 0.125. The summed E-state index contributed by atoms with van der Waals surface area (Å²) >= 11 is 0. The lowest BCUT2D eigenvalue weighted by molar-refractivity contribution is -0.138. The number of rotatable bonds is 12. The Labute approximate surface area is 176 Å². The van der Waals surface area contributed by atoms with Crippen molar-refractivity contribution < 1.29 is 18.4 Å². The van der Waals surface area contributed by atoms with Gasteiger partial charge in [0, 0.05) is 11.5 Å². The van der Waals surface area contributed by atoms with Crippen LogP contribution in [0.1, 0.15) is 62.3 Å². The van der Waals surface area contributed by atoms with Crippen LogP contribution in [0.5, 0.6) is 0 Å². The molecule has 0 rings (SSSR count). The Morgan fingerprint density at radius 3 is 1.93 bits per heavy atom. The molecule has 0 aromatic carbocycles. The highest BCUT2D eigenvalue weighted by molar-refractivity contribution is 6.74. The Hall–Kier alpha value is -0.436. The Kier molecular flexibility index (Phi) is 11.5. The van der Waals surface area contributed by atoms with Gasteiger partial charge in [0.1, 0.15) is 0 Å². The first-order chi connectivity index (χ1) is 12.8. The van der Waals surface area contributed by atoms with E-state index in [4.69, 9.17) is 13.6 Å². The van der Waals surface area contributed by atoms with Gasteiger partial charge in [-0.05, 0) is 50.1 Å². The van der Waals surface area contributed by atoms with E-state index in [-0.39, 0.29) is 23.0 Å². The SMILES string of the molecule is CCOC(=O)/C(C)=C/[C@@H](C)[C@@H](CO[Si](CC)(CC)CC)O[Si](C)(C)C(C)(C)C. The van der Waals surface area contributed by atoms with Gasteiger partial charge in [0.25, 0.3) is 0 Å². The maximum absolute atomic E-state index is 12.1. The van der Waals surface area contributed by atoms with Crippen LogP contribution >= 0.6 is 0 Å². The lowest BCUT2D eigenvalue weighted by Gasteiger charge is -2.41. The van der Waals surface area contributed by atoms with Crippen molar-refractivity contribution in [3.63, 3.8) is 0 Å². The van der Waals surface area contributed by atoms with E-state index in [0.29, 0.717) is 18.8 Å². The fourth-order valence-electron chi connectivity index (χ4n) is 2.98. The molecule has 6 heteroatoms. The average molecular weight is 431 g/mol. The minimum absolute atomic E-state index is 0.0539. The summed E-state index contributed by atoms with van der Waals surface area (Å²) in [5.41, 5.74) is 0.642. The van der Waals surface area contributed by atoms with Crippen molar-refractivity contribution in [2.24, 2.45) is 5.92 Å². The molecule has 0 N–H and O–H groups in total. The van der Waals surface area contributed by atoms with E-state index in [9.17, 15) is 4.79 Å². The molecule has 0 saturated carbocycles. The molecule has 0 fully saturated rings. The van der Waals surface area contributed by atoms with Crippen LogP contribution in [0.4, 0.5) is 0 Å². The Morgan fingerprint density at radius 2 is 1.54 bits per heavy atom. The van der Waals surface area contributed by atoms with Crippen molar-refractivity contribution in [2.75, 3.05) is 13.2 Å². The molecule has 0 aromatic rings. The van der Waals surface area contributed by atoms with Crippen molar-refractivity contribution in [1.82, 2.24) is 0 Å². The van der Waals surface area contributed by atoms with Crippen LogP contribution in [0.15, 0.2) is 11.6 Å². The molecule has 0 aliphatic heterocycles. The van der Waals surface area contributed by atoms with Gasteiger partial charge < -0.3 is 13.6 Å². The Balaban J connectivity index is 5.61. The molecule has 0 bridgehead atoms. The van der Waals surface area contributed by atoms with E-state index in [2.05, 4.69) is 61.6 Å². The van der Waals surface area contributed by atoms with E-state index in [1.165, 1.54) is 0 Å². The maximum Gasteiger partial charge on any atom is 0.333 e. The van der Waals surface area contributed by atoms with Crippen LogP contribution in [0.25, 0.3) is 0 Å². The molecule has 28 heavy (non-hydrogen) atoms. The summed E-state index contributed by atoms with van der Waals surface area (Å²) in [6.07, 6.45) is 1.94. The summed E-state index contributed by atoms with van der Waals surface area (Å²) in [5.74, 6) is -0.170. The van der Waals surface area contributed by atoms with Crippen molar-refractivity contribution in [1.29, 1.82) is 0 Å². The maximum atomic E-state index is 12.1. The minimum Gasteiger partial charge on any atom is -0.463 e. The first-order valence-electron chi connectivity index (χ1n) is 11.0. The predicted octanol–water partition coefficient (Wildman–Crippen LogP) is 6.54. The zero-order chi connectivity index (χ0) is 22.2. The van der Waals surface area contributed by atoms with Gasteiger partial charge in [0.2, 0.25) is 0 Å². The number of hydrogen-bond donors (Lipinski definition) is 0. The van der Waals surface area contributed by atoms with E-state index < -0.39 is 16.6 Å². The molecule has 0 aromatic heterocycles. The van der Waals surface area contributed by atoms with Gasteiger partial charge in [-0.2, -0.15) is 0 Å². The largest absolute Gasteiger partial charge is 0.463 e. The zero-order valence-corrected chi connectivity index (χ0v) is 22.4. The molecule has 0 spiro atoms. The molecule has 0 aliphatic carbocycles. The quantitative estimate of drug-likeness (QED) is 0.200. The van der Waals surface area contributed by atoms with Gasteiger partial charge in [-0.3, -0.25) is 0 Å². The molecule has 4 nitrogen and oxygen atoms in total. The van der Waals surface area contributed by atoms with Crippen LogP contribution in [0.3, 0.4) is 0 Å². The van der Waals surface area contributed by atoms with Crippen molar-refractivity contribution in [3.05, 3.63) is 11.6 Å². The summed E-state index contributed by atoms with van der Waals surface area (Å²) in [6, 6.07) is 3.37. The monoisotopic (exact) mass is 430 g/mol. The summed E-state index contributed by atoms with van der Waals surface area (Å²) in [6.45, 7) is 24.8. The van der Waals surface area contributed by atoms with Crippen molar-refractivity contribution in [2.45, 2.75) is 105 Å². The second-order valence-electron chi connectivity index (χ2n) is 9.40. The van der Waals surface area contributed by atoms with Crippen LogP contribution in [-0.4, -0.2) is 41.9 Å². The standard InChI is InChI=1S/C22H46O4Si2/c1-12-24-21(23)19(6)16-18(5)20(26-27(10,11)22(7,8)9)17-25-28(13-2,14-3)15-4/h16,18,20H,12-15,17H2,1-11H3/b19-16+/t18-,20-/m1/s1. The summed E-state index contributed by atoms with van der Waals surface area (Å²) in [7, 11) is -3.66. The van der Waals surface area contributed by atoms with Gasteiger partial charge >= 0.3 is 5.97 Å². The second kappa shape index (κ2) is 11.7. The van der Waals surface area contributed by atoms with Gasteiger partial charge in [-0.15, -0.1) is 0 Å². The molecule has 0 radical (unpaired) electrons. The highest BCUT2D eigenvalue weighted by atomic mass is 28.4. The average Bonchev–Trinajstić information content (AvgIpc) is 2.61. The van der Waals surface area contributed by atoms with E-state index in [0.717, 1.165) is 18.1 Å².